The van der Waals surface area contributed by atoms with Crippen LogP contribution in [0.5, 0.6) is 0 Å². The van der Waals surface area contributed by atoms with Gasteiger partial charge in [0.15, 0.2) is 0 Å². The van der Waals surface area contributed by atoms with Crippen molar-refractivity contribution in [2.75, 3.05) is 0 Å². The Morgan fingerprint density at radius 3 is 1.66 bits per heavy atom. The molecule has 0 bridgehead atoms. The third-order valence-corrected chi connectivity index (χ3v) is 5.19. The number of carbonyl (C=O) groups excluding carboxylic acids is 1. The Bertz CT molecular complexity index is 871. The molecule has 0 saturated heterocycles. The lowest BCUT2D eigenvalue weighted by Gasteiger charge is -2.14. The van der Waals surface area contributed by atoms with Gasteiger partial charge in [0.25, 0.3) is 0 Å². The van der Waals surface area contributed by atoms with Crippen LogP contribution in [0.4, 0.5) is 0 Å². The second kappa shape index (κ2) is 10.6. The molecule has 150 valence electrons. The van der Waals surface area contributed by atoms with Crippen LogP contribution in [-0.2, 0) is 30.5 Å². The molecule has 0 saturated carbocycles. The van der Waals surface area contributed by atoms with E-state index >= 15 is 0 Å². The van der Waals surface area contributed by atoms with Gasteiger partial charge in [-0.25, -0.2) is 0 Å². The van der Waals surface area contributed by atoms with Gasteiger partial charge in [-0.15, -0.1) is 0 Å². The van der Waals surface area contributed by atoms with Gasteiger partial charge >= 0.3 is 0 Å². The molecule has 0 radical (unpaired) electrons. The van der Waals surface area contributed by atoms with Crippen molar-refractivity contribution in [3.8, 4) is 0 Å². The summed E-state index contributed by atoms with van der Waals surface area (Å²) >= 11 is 0. The molecule has 0 aliphatic carbocycles. The average molecular weight is 386 g/mol. The Balaban J connectivity index is 1.45. The van der Waals surface area contributed by atoms with Crippen molar-refractivity contribution >= 4 is 5.91 Å². The van der Waals surface area contributed by atoms with Crippen LogP contribution in [0.1, 0.15) is 36.1 Å². The number of nitrogens with one attached hydrogen (secondary N) is 1. The average Bonchev–Trinajstić information content (AvgIpc) is 2.71. The fourth-order valence-corrected chi connectivity index (χ4v) is 3.81. The Morgan fingerprint density at radius 2 is 1.10 bits per heavy atom. The molecule has 1 amide bonds. The first-order valence-corrected chi connectivity index (χ1v) is 10.5. The monoisotopic (exact) mass is 385 g/mol. The third kappa shape index (κ3) is 7.23. The predicted molar refractivity (Wildman–Crippen MR) is 121 cm³/mol. The SMILES string of the molecule is CC(Cc1ccccc1)NC(=O)Cc1ccc(C[C@H](C)Cc2ccccc2)cc1. The summed E-state index contributed by atoms with van der Waals surface area (Å²) in [6, 6.07) is 29.6. The van der Waals surface area contributed by atoms with Gasteiger partial charge in [-0.3, -0.25) is 4.79 Å². The molecule has 1 unspecified atom stereocenters. The quantitative estimate of drug-likeness (QED) is 0.525. The van der Waals surface area contributed by atoms with Gasteiger partial charge in [-0.2, -0.15) is 0 Å². The zero-order chi connectivity index (χ0) is 20.5. The van der Waals surface area contributed by atoms with E-state index in [0.29, 0.717) is 12.3 Å². The minimum Gasteiger partial charge on any atom is -0.353 e. The van der Waals surface area contributed by atoms with Crippen LogP contribution in [0.25, 0.3) is 0 Å². The van der Waals surface area contributed by atoms with Gasteiger partial charge in [-0.1, -0.05) is 91.9 Å². The Hall–Kier alpha value is -2.87. The van der Waals surface area contributed by atoms with E-state index in [0.717, 1.165) is 24.8 Å². The van der Waals surface area contributed by atoms with Crippen LogP contribution in [-0.4, -0.2) is 11.9 Å². The summed E-state index contributed by atoms with van der Waals surface area (Å²) in [5, 5.41) is 3.11. The van der Waals surface area contributed by atoms with E-state index in [1.807, 2.05) is 18.2 Å². The smallest absolute Gasteiger partial charge is 0.224 e. The normalized spacial score (nSPS) is 12.9. The molecule has 2 nitrogen and oxygen atoms in total. The minimum absolute atomic E-state index is 0.0821. The summed E-state index contributed by atoms with van der Waals surface area (Å²) in [7, 11) is 0. The van der Waals surface area contributed by atoms with Crippen molar-refractivity contribution in [3.05, 3.63) is 107 Å². The number of benzene rings is 3. The zero-order valence-corrected chi connectivity index (χ0v) is 17.5. The third-order valence-electron chi connectivity index (χ3n) is 5.19. The maximum Gasteiger partial charge on any atom is 0.224 e. The van der Waals surface area contributed by atoms with E-state index < -0.39 is 0 Å². The van der Waals surface area contributed by atoms with E-state index in [1.54, 1.807) is 0 Å². The molecule has 0 aliphatic heterocycles. The maximum absolute atomic E-state index is 12.4. The van der Waals surface area contributed by atoms with Crippen molar-refractivity contribution in [1.29, 1.82) is 0 Å². The van der Waals surface area contributed by atoms with Crippen LogP contribution in [0.2, 0.25) is 0 Å². The largest absolute Gasteiger partial charge is 0.353 e. The van der Waals surface area contributed by atoms with Gasteiger partial charge in [0, 0.05) is 6.04 Å². The number of hydrogen-bond acceptors (Lipinski definition) is 1. The summed E-state index contributed by atoms with van der Waals surface area (Å²) < 4.78 is 0. The molecule has 2 heteroatoms. The highest BCUT2D eigenvalue weighted by atomic mass is 16.1. The predicted octanol–water partition coefficient (Wildman–Crippen LogP) is 5.40. The van der Waals surface area contributed by atoms with Crippen molar-refractivity contribution in [1.82, 2.24) is 5.32 Å². The number of hydrogen-bond donors (Lipinski definition) is 1. The standard InChI is InChI=1S/C27H31NO/c1-21(17-23-9-5-3-6-10-23)18-25-13-15-26(16-14-25)20-27(29)28-22(2)19-24-11-7-4-8-12-24/h3-16,21-22H,17-20H2,1-2H3,(H,28,29)/t21-,22?/m1/s1. The summed E-state index contributed by atoms with van der Waals surface area (Å²) in [6.07, 6.45) is 3.42. The molecule has 3 aromatic rings. The molecule has 0 fully saturated rings. The molecule has 1 N–H and O–H groups in total. The first kappa shape index (κ1) is 20.9. The van der Waals surface area contributed by atoms with E-state index in [2.05, 4.69) is 85.9 Å². The Labute approximate surface area is 175 Å². The summed E-state index contributed by atoms with van der Waals surface area (Å²) in [5.41, 5.74) is 5.02. The summed E-state index contributed by atoms with van der Waals surface area (Å²) in [6.45, 7) is 4.35. The number of carbonyl (C=O) groups is 1. The van der Waals surface area contributed by atoms with Crippen LogP contribution in [0.3, 0.4) is 0 Å². The highest BCUT2D eigenvalue weighted by molar-refractivity contribution is 5.78. The Kier molecular flexibility index (Phi) is 7.63. The molecule has 0 heterocycles. The molecule has 3 aromatic carbocycles. The van der Waals surface area contributed by atoms with Crippen LogP contribution < -0.4 is 5.32 Å². The zero-order valence-electron chi connectivity index (χ0n) is 17.5. The maximum atomic E-state index is 12.4. The lowest BCUT2D eigenvalue weighted by molar-refractivity contribution is -0.121. The molecular formula is C27H31NO. The van der Waals surface area contributed by atoms with Crippen LogP contribution in [0.15, 0.2) is 84.9 Å². The lowest BCUT2D eigenvalue weighted by atomic mass is 9.93. The number of amides is 1. The second-order valence-electron chi connectivity index (χ2n) is 8.15. The van der Waals surface area contributed by atoms with Crippen molar-refractivity contribution in [2.24, 2.45) is 5.92 Å². The van der Waals surface area contributed by atoms with E-state index in [1.165, 1.54) is 16.7 Å². The molecule has 3 rings (SSSR count). The van der Waals surface area contributed by atoms with E-state index in [9.17, 15) is 4.79 Å². The van der Waals surface area contributed by atoms with Crippen molar-refractivity contribution in [2.45, 2.75) is 45.6 Å². The summed E-state index contributed by atoms with van der Waals surface area (Å²) in [4.78, 5) is 12.4. The van der Waals surface area contributed by atoms with Gasteiger partial charge in [0.2, 0.25) is 5.91 Å². The fourth-order valence-electron chi connectivity index (χ4n) is 3.81. The first-order chi connectivity index (χ1) is 14.1. The van der Waals surface area contributed by atoms with E-state index in [-0.39, 0.29) is 11.9 Å². The molecule has 29 heavy (non-hydrogen) atoms. The van der Waals surface area contributed by atoms with E-state index in [4.69, 9.17) is 0 Å². The topological polar surface area (TPSA) is 29.1 Å². The number of rotatable bonds is 9. The highest BCUT2D eigenvalue weighted by Gasteiger charge is 2.10. The van der Waals surface area contributed by atoms with Crippen LogP contribution >= 0.6 is 0 Å². The first-order valence-electron chi connectivity index (χ1n) is 10.5. The van der Waals surface area contributed by atoms with Gasteiger partial charge in [0.05, 0.1) is 6.42 Å². The molecular weight excluding hydrogens is 354 g/mol. The van der Waals surface area contributed by atoms with Crippen molar-refractivity contribution in [3.63, 3.8) is 0 Å². The van der Waals surface area contributed by atoms with Gasteiger partial charge in [-0.05, 0) is 54.4 Å². The second-order valence-corrected chi connectivity index (χ2v) is 8.15. The van der Waals surface area contributed by atoms with Gasteiger partial charge in [0.1, 0.15) is 0 Å². The highest BCUT2D eigenvalue weighted by Crippen LogP contribution is 2.15. The Morgan fingerprint density at radius 1 is 0.655 bits per heavy atom. The molecule has 2 atom stereocenters. The fraction of sp³-hybridized carbons (Fsp3) is 0.296. The minimum atomic E-state index is 0.0821. The molecule has 0 aromatic heterocycles. The summed E-state index contributed by atoms with van der Waals surface area (Å²) in [5.74, 6) is 0.670. The van der Waals surface area contributed by atoms with Crippen molar-refractivity contribution < 1.29 is 4.79 Å². The molecule has 0 spiro atoms. The lowest BCUT2D eigenvalue weighted by Crippen LogP contribution is -2.35. The van der Waals surface area contributed by atoms with Gasteiger partial charge < -0.3 is 5.32 Å². The molecule has 0 aliphatic rings. The van der Waals surface area contributed by atoms with Crippen LogP contribution in [0, 0.1) is 5.92 Å².